The normalized spacial score (nSPS) is 15.8. The van der Waals surface area contributed by atoms with Gasteiger partial charge in [-0.15, -0.1) is 0 Å². The Balaban J connectivity index is 1.54. The summed E-state index contributed by atoms with van der Waals surface area (Å²) in [5, 5.41) is 5.81. The second kappa shape index (κ2) is 7.40. The van der Waals surface area contributed by atoms with E-state index in [2.05, 4.69) is 20.6 Å². The quantitative estimate of drug-likeness (QED) is 0.612. The summed E-state index contributed by atoms with van der Waals surface area (Å²) in [4.78, 5) is 32.5. The van der Waals surface area contributed by atoms with Gasteiger partial charge in [0.2, 0.25) is 5.91 Å². The fraction of sp³-hybridized carbons (Fsp3) is 0.261. The molecular formula is C23H23FN4O2. The molecule has 0 aliphatic carbocycles. The first-order valence-corrected chi connectivity index (χ1v) is 9.79. The molecule has 2 aromatic heterocycles. The van der Waals surface area contributed by atoms with Crippen molar-refractivity contribution >= 4 is 17.6 Å². The van der Waals surface area contributed by atoms with Crippen molar-refractivity contribution < 1.29 is 14.0 Å². The van der Waals surface area contributed by atoms with Crippen molar-refractivity contribution in [2.45, 2.75) is 38.6 Å². The first-order chi connectivity index (χ1) is 14.2. The number of carbonyl (C=O) groups excluding carboxylic acids is 2. The van der Waals surface area contributed by atoms with E-state index in [1.807, 2.05) is 26.0 Å². The lowest BCUT2D eigenvalue weighted by atomic mass is 9.92. The molecule has 0 radical (unpaired) electrons. The molecule has 1 atom stereocenters. The largest absolute Gasteiger partial charge is 0.358 e. The number of aromatic amines is 1. The summed E-state index contributed by atoms with van der Waals surface area (Å²) in [6.07, 6.45) is 2.31. The van der Waals surface area contributed by atoms with Gasteiger partial charge >= 0.3 is 0 Å². The fourth-order valence-corrected chi connectivity index (χ4v) is 3.66. The van der Waals surface area contributed by atoms with Crippen molar-refractivity contribution in [2.24, 2.45) is 0 Å². The monoisotopic (exact) mass is 406 g/mol. The lowest BCUT2D eigenvalue weighted by molar-refractivity contribution is -0.117. The van der Waals surface area contributed by atoms with Crippen LogP contribution in [-0.2, 0) is 11.2 Å². The summed E-state index contributed by atoms with van der Waals surface area (Å²) in [6.45, 7) is 5.72. The van der Waals surface area contributed by atoms with Crippen LogP contribution in [0.1, 0.15) is 48.3 Å². The van der Waals surface area contributed by atoms with Crippen LogP contribution >= 0.6 is 0 Å². The van der Waals surface area contributed by atoms with Gasteiger partial charge in [0.05, 0.1) is 11.5 Å². The minimum absolute atomic E-state index is 0.0977. The number of nitrogens with zero attached hydrogens (tertiary/aromatic N) is 1. The predicted molar refractivity (Wildman–Crippen MR) is 113 cm³/mol. The standard InChI is InChI=1S/C23H23FN4O2/c1-13(14-4-6-16(24)7-5-14)21(29)27-20-10-15(8-9-25-20)18-11-17-19(26-18)12-23(2,3)28-22(17)30/h4-11,13,26H,12H2,1-3H3,(H,28,30)(H,25,27,29). The third kappa shape index (κ3) is 3.96. The van der Waals surface area contributed by atoms with E-state index in [4.69, 9.17) is 0 Å². The number of H-pyrrole nitrogens is 1. The molecule has 1 unspecified atom stereocenters. The molecule has 1 aliphatic rings. The predicted octanol–water partition coefficient (Wildman–Crippen LogP) is 4.02. The highest BCUT2D eigenvalue weighted by molar-refractivity contribution is 5.99. The van der Waals surface area contributed by atoms with E-state index in [1.165, 1.54) is 12.1 Å². The molecule has 3 N–H and O–H groups in total. The molecule has 4 rings (SSSR count). The number of aromatic nitrogens is 2. The maximum absolute atomic E-state index is 13.1. The second-order valence-electron chi connectivity index (χ2n) is 8.28. The van der Waals surface area contributed by atoms with Crippen LogP contribution in [0.25, 0.3) is 11.3 Å². The van der Waals surface area contributed by atoms with Crippen LogP contribution in [-0.4, -0.2) is 27.3 Å². The van der Waals surface area contributed by atoms with Crippen molar-refractivity contribution in [3.05, 3.63) is 71.3 Å². The number of nitrogens with one attached hydrogen (secondary N) is 3. The summed E-state index contributed by atoms with van der Waals surface area (Å²) < 4.78 is 13.1. The van der Waals surface area contributed by atoms with Gasteiger partial charge in [0.25, 0.3) is 5.91 Å². The first-order valence-electron chi connectivity index (χ1n) is 9.79. The summed E-state index contributed by atoms with van der Waals surface area (Å²) >= 11 is 0. The number of pyridine rings is 1. The van der Waals surface area contributed by atoms with E-state index in [-0.39, 0.29) is 23.2 Å². The van der Waals surface area contributed by atoms with Gasteiger partial charge in [-0.1, -0.05) is 12.1 Å². The Hall–Kier alpha value is -3.48. The van der Waals surface area contributed by atoms with Crippen molar-refractivity contribution in [1.29, 1.82) is 0 Å². The SMILES string of the molecule is CC(C(=O)Nc1cc(-c2cc3c([nH]2)CC(C)(C)NC3=O)ccn1)c1ccc(F)cc1. The van der Waals surface area contributed by atoms with E-state index in [9.17, 15) is 14.0 Å². The average molecular weight is 406 g/mol. The van der Waals surface area contributed by atoms with E-state index in [0.717, 1.165) is 22.5 Å². The number of benzene rings is 1. The highest BCUT2D eigenvalue weighted by atomic mass is 19.1. The minimum atomic E-state index is -0.459. The molecule has 0 saturated carbocycles. The molecule has 0 bridgehead atoms. The van der Waals surface area contributed by atoms with Crippen molar-refractivity contribution in [2.75, 3.05) is 5.32 Å². The molecule has 0 spiro atoms. The number of carbonyl (C=O) groups is 2. The van der Waals surface area contributed by atoms with Crippen LogP contribution in [0.4, 0.5) is 10.2 Å². The van der Waals surface area contributed by atoms with Crippen molar-refractivity contribution in [3.8, 4) is 11.3 Å². The molecule has 6 nitrogen and oxygen atoms in total. The Morgan fingerprint density at radius 1 is 1.20 bits per heavy atom. The Morgan fingerprint density at radius 2 is 1.93 bits per heavy atom. The Kier molecular flexibility index (Phi) is 4.89. The molecule has 3 aromatic rings. The van der Waals surface area contributed by atoms with Crippen LogP contribution in [0.3, 0.4) is 0 Å². The van der Waals surface area contributed by atoms with Crippen LogP contribution in [0.5, 0.6) is 0 Å². The maximum atomic E-state index is 13.1. The topological polar surface area (TPSA) is 86.9 Å². The van der Waals surface area contributed by atoms with Crippen LogP contribution in [0.2, 0.25) is 0 Å². The van der Waals surface area contributed by atoms with Gasteiger partial charge in [-0.2, -0.15) is 0 Å². The molecule has 7 heteroatoms. The van der Waals surface area contributed by atoms with Gasteiger partial charge in [-0.3, -0.25) is 9.59 Å². The van der Waals surface area contributed by atoms with Gasteiger partial charge in [0.1, 0.15) is 11.6 Å². The number of fused-ring (bicyclic) bond motifs is 1. The van der Waals surface area contributed by atoms with E-state index >= 15 is 0 Å². The number of hydrogen-bond donors (Lipinski definition) is 3. The van der Waals surface area contributed by atoms with Crippen LogP contribution in [0, 0.1) is 5.82 Å². The number of anilines is 1. The van der Waals surface area contributed by atoms with E-state index in [1.54, 1.807) is 31.3 Å². The Bertz CT molecular complexity index is 1120. The molecular weight excluding hydrogens is 383 g/mol. The zero-order valence-corrected chi connectivity index (χ0v) is 17.0. The molecule has 0 saturated heterocycles. The molecule has 2 amide bonds. The zero-order chi connectivity index (χ0) is 21.5. The van der Waals surface area contributed by atoms with Gasteiger partial charge in [-0.05, 0) is 56.7 Å². The highest BCUT2D eigenvalue weighted by Crippen LogP contribution is 2.29. The summed E-state index contributed by atoms with van der Waals surface area (Å²) in [6, 6.07) is 11.3. The number of rotatable bonds is 4. The Morgan fingerprint density at radius 3 is 2.67 bits per heavy atom. The van der Waals surface area contributed by atoms with Crippen LogP contribution < -0.4 is 10.6 Å². The summed E-state index contributed by atoms with van der Waals surface area (Å²) in [5.74, 6) is -0.729. The lowest BCUT2D eigenvalue weighted by Gasteiger charge is -2.30. The summed E-state index contributed by atoms with van der Waals surface area (Å²) in [7, 11) is 0. The number of amides is 2. The first kappa shape index (κ1) is 19.8. The van der Waals surface area contributed by atoms with Crippen LogP contribution in [0.15, 0.2) is 48.7 Å². The lowest BCUT2D eigenvalue weighted by Crippen LogP contribution is -2.48. The number of halogens is 1. The molecule has 1 aromatic carbocycles. The second-order valence-corrected chi connectivity index (χ2v) is 8.28. The molecule has 154 valence electrons. The fourth-order valence-electron chi connectivity index (χ4n) is 3.66. The minimum Gasteiger partial charge on any atom is -0.358 e. The summed E-state index contributed by atoms with van der Waals surface area (Å²) in [5.41, 5.74) is 3.55. The van der Waals surface area contributed by atoms with E-state index in [0.29, 0.717) is 17.8 Å². The highest BCUT2D eigenvalue weighted by Gasteiger charge is 2.31. The van der Waals surface area contributed by atoms with Gasteiger partial charge < -0.3 is 15.6 Å². The third-order valence-corrected chi connectivity index (χ3v) is 5.30. The van der Waals surface area contributed by atoms with E-state index < -0.39 is 5.92 Å². The zero-order valence-electron chi connectivity index (χ0n) is 17.0. The molecule has 1 aliphatic heterocycles. The van der Waals surface area contributed by atoms with Crippen molar-refractivity contribution in [3.63, 3.8) is 0 Å². The maximum Gasteiger partial charge on any atom is 0.253 e. The molecule has 3 heterocycles. The van der Waals surface area contributed by atoms with Crippen molar-refractivity contribution in [1.82, 2.24) is 15.3 Å². The Labute approximate surface area is 173 Å². The average Bonchev–Trinajstić information content (AvgIpc) is 3.11. The third-order valence-electron chi connectivity index (χ3n) is 5.30. The molecule has 0 fully saturated rings. The van der Waals surface area contributed by atoms with Gasteiger partial charge in [0, 0.05) is 35.1 Å². The molecule has 30 heavy (non-hydrogen) atoms. The number of hydrogen-bond acceptors (Lipinski definition) is 3. The van der Waals surface area contributed by atoms with Gasteiger partial charge in [0.15, 0.2) is 0 Å². The smallest absolute Gasteiger partial charge is 0.253 e. The van der Waals surface area contributed by atoms with Gasteiger partial charge in [-0.25, -0.2) is 9.37 Å².